The maximum absolute atomic E-state index is 12.0. The number of sulfone groups is 1. The van der Waals surface area contributed by atoms with Gasteiger partial charge in [0, 0.05) is 17.5 Å². The summed E-state index contributed by atoms with van der Waals surface area (Å²) in [6, 6.07) is 4.34. The predicted molar refractivity (Wildman–Crippen MR) is 81.3 cm³/mol. The van der Waals surface area contributed by atoms with Crippen molar-refractivity contribution in [2.45, 2.75) is 38.6 Å². The van der Waals surface area contributed by atoms with Gasteiger partial charge in [-0.2, -0.15) is 0 Å². The minimum Gasteiger partial charge on any atom is -0.308 e. The molecule has 1 heterocycles. The lowest BCUT2D eigenvalue weighted by molar-refractivity contribution is 0.549. The zero-order chi connectivity index (χ0) is 13.7. The highest BCUT2D eigenvalue weighted by Gasteiger charge is 2.22. The number of nitrogens with one attached hydrogen (secondary N) is 1. The molecule has 108 valence electrons. The largest absolute Gasteiger partial charge is 0.308 e. The van der Waals surface area contributed by atoms with E-state index in [9.17, 15) is 8.42 Å². The topological polar surface area (TPSA) is 46.2 Å². The lowest BCUT2D eigenvalue weighted by Gasteiger charge is -2.13. The molecule has 1 aliphatic rings. The Labute approximate surface area is 120 Å². The first-order valence-corrected chi connectivity index (χ1v) is 9.74. The molecule has 3 nitrogen and oxygen atoms in total. The van der Waals surface area contributed by atoms with Crippen LogP contribution in [0.5, 0.6) is 0 Å². The van der Waals surface area contributed by atoms with Crippen molar-refractivity contribution in [3.05, 3.63) is 22.4 Å². The fourth-order valence-corrected chi connectivity index (χ4v) is 5.09. The molecule has 0 bridgehead atoms. The average Bonchev–Trinajstić information content (AvgIpc) is 2.99. The smallest absolute Gasteiger partial charge is 0.151 e. The highest BCUT2D eigenvalue weighted by Crippen LogP contribution is 2.26. The van der Waals surface area contributed by atoms with Crippen molar-refractivity contribution in [2.24, 2.45) is 5.92 Å². The fourth-order valence-electron chi connectivity index (χ4n) is 2.69. The number of rotatable bonds is 7. The van der Waals surface area contributed by atoms with Crippen molar-refractivity contribution in [1.29, 1.82) is 0 Å². The summed E-state index contributed by atoms with van der Waals surface area (Å²) in [5.74, 6) is 1.07. The minimum absolute atomic E-state index is 0.238. The van der Waals surface area contributed by atoms with E-state index in [-0.39, 0.29) is 11.8 Å². The van der Waals surface area contributed by atoms with Crippen LogP contribution in [0.1, 0.15) is 43.5 Å². The van der Waals surface area contributed by atoms with Crippen LogP contribution in [0.3, 0.4) is 0 Å². The fraction of sp³-hybridized carbons (Fsp3) is 0.714. The van der Waals surface area contributed by atoms with Crippen LogP contribution in [0, 0.1) is 5.92 Å². The summed E-state index contributed by atoms with van der Waals surface area (Å²) in [6.07, 6.45) is 4.60. The first kappa shape index (κ1) is 15.0. The Morgan fingerprint density at radius 3 is 2.79 bits per heavy atom. The third-order valence-corrected chi connectivity index (χ3v) is 6.66. The van der Waals surface area contributed by atoms with Crippen LogP contribution in [0.4, 0.5) is 0 Å². The van der Waals surface area contributed by atoms with Crippen molar-refractivity contribution >= 4 is 21.2 Å². The van der Waals surface area contributed by atoms with Gasteiger partial charge in [-0.05, 0) is 37.1 Å². The van der Waals surface area contributed by atoms with Gasteiger partial charge >= 0.3 is 0 Å². The van der Waals surface area contributed by atoms with Gasteiger partial charge < -0.3 is 5.32 Å². The molecule has 0 radical (unpaired) electrons. The number of thiophene rings is 1. The number of hydrogen-bond acceptors (Lipinski definition) is 4. The molecule has 1 aromatic heterocycles. The van der Waals surface area contributed by atoms with E-state index in [1.807, 2.05) is 11.4 Å². The van der Waals surface area contributed by atoms with E-state index in [4.69, 9.17) is 0 Å². The van der Waals surface area contributed by atoms with Crippen molar-refractivity contribution in [3.8, 4) is 0 Å². The molecule has 19 heavy (non-hydrogen) atoms. The molecule has 0 amide bonds. The Morgan fingerprint density at radius 2 is 2.16 bits per heavy atom. The standard InChI is InChI=1S/C14H23NO2S2/c1-12(14-7-4-9-18-14)15-8-10-19(16,17)11-13-5-2-3-6-13/h4,7,9,12-13,15H,2-3,5-6,8,10-11H2,1H3. The first-order valence-electron chi connectivity index (χ1n) is 7.04. The van der Waals surface area contributed by atoms with Crippen LogP contribution in [0.25, 0.3) is 0 Å². The Kier molecular flexibility index (Phi) is 5.42. The van der Waals surface area contributed by atoms with Crippen LogP contribution >= 0.6 is 11.3 Å². The van der Waals surface area contributed by atoms with E-state index in [2.05, 4.69) is 18.3 Å². The van der Waals surface area contributed by atoms with Gasteiger partial charge in [0.05, 0.1) is 11.5 Å². The summed E-state index contributed by atoms with van der Waals surface area (Å²) in [7, 11) is -2.89. The average molecular weight is 301 g/mol. The highest BCUT2D eigenvalue weighted by molar-refractivity contribution is 7.91. The molecule has 0 aliphatic heterocycles. The number of hydrogen-bond donors (Lipinski definition) is 1. The molecule has 1 saturated carbocycles. The SMILES string of the molecule is CC(NCCS(=O)(=O)CC1CCCC1)c1cccs1. The maximum Gasteiger partial charge on any atom is 0.151 e. The summed E-state index contributed by atoms with van der Waals surface area (Å²) in [5, 5.41) is 5.34. The van der Waals surface area contributed by atoms with Crippen molar-refractivity contribution in [3.63, 3.8) is 0 Å². The zero-order valence-electron chi connectivity index (χ0n) is 11.5. The summed E-state index contributed by atoms with van der Waals surface area (Å²) in [6.45, 7) is 2.63. The van der Waals surface area contributed by atoms with Gasteiger partial charge in [-0.3, -0.25) is 0 Å². The van der Waals surface area contributed by atoms with Gasteiger partial charge in [0.15, 0.2) is 9.84 Å². The minimum atomic E-state index is -2.89. The van der Waals surface area contributed by atoms with Crippen molar-refractivity contribution in [1.82, 2.24) is 5.32 Å². The predicted octanol–water partition coefficient (Wildman–Crippen LogP) is 3.00. The molecule has 2 rings (SSSR count). The monoisotopic (exact) mass is 301 g/mol. The van der Waals surface area contributed by atoms with E-state index < -0.39 is 9.84 Å². The Hall–Kier alpha value is -0.390. The van der Waals surface area contributed by atoms with Crippen LogP contribution < -0.4 is 5.32 Å². The highest BCUT2D eigenvalue weighted by atomic mass is 32.2. The van der Waals surface area contributed by atoms with Gasteiger partial charge in [-0.25, -0.2) is 8.42 Å². The van der Waals surface area contributed by atoms with Crippen LogP contribution in [0.15, 0.2) is 17.5 Å². The Bertz CT molecular complexity index is 462. The van der Waals surface area contributed by atoms with Gasteiger partial charge in [0.25, 0.3) is 0 Å². The molecule has 0 aromatic carbocycles. The van der Waals surface area contributed by atoms with E-state index in [1.165, 1.54) is 17.7 Å². The normalized spacial score (nSPS) is 18.8. The van der Waals surface area contributed by atoms with Crippen molar-refractivity contribution in [2.75, 3.05) is 18.1 Å². The second-order valence-electron chi connectivity index (χ2n) is 5.46. The third-order valence-electron chi connectivity index (χ3n) is 3.80. The summed E-state index contributed by atoms with van der Waals surface area (Å²) in [5.41, 5.74) is 0. The van der Waals surface area contributed by atoms with E-state index >= 15 is 0 Å². The molecule has 0 saturated heterocycles. The molecule has 1 aliphatic carbocycles. The lowest BCUT2D eigenvalue weighted by Crippen LogP contribution is -2.27. The zero-order valence-corrected chi connectivity index (χ0v) is 13.1. The molecule has 1 unspecified atom stereocenters. The van der Waals surface area contributed by atoms with E-state index in [0.717, 1.165) is 12.8 Å². The molecule has 5 heteroatoms. The molecule has 1 N–H and O–H groups in total. The van der Waals surface area contributed by atoms with Gasteiger partial charge in [0.1, 0.15) is 0 Å². The van der Waals surface area contributed by atoms with Crippen LogP contribution in [-0.4, -0.2) is 26.5 Å². The van der Waals surface area contributed by atoms with Gasteiger partial charge in [-0.15, -0.1) is 11.3 Å². The van der Waals surface area contributed by atoms with Crippen LogP contribution in [-0.2, 0) is 9.84 Å². The summed E-state index contributed by atoms with van der Waals surface area (Å²) >= 11 is 1.70. The van der Waals surface area contributed by atoms with Gasteiger partial charge in [-0.1, -0.05) is 18.9 Å². The maximum atomic E-state index is 12.0. The lowest BCUT2D eigenvalue weighted by atomic mass is 10.1. The Balaban J connectivity index is 1.72. The second kappa shape index (κ2) is 6.86. The Morgan fingerprint density at radius 1 is 1.42 bits per heavy atom. The third kappa shape index (κ3) is 4.89. The molecule has 1 aromatic rings. The van der Waals surface area contributed by atoms with E-state index in [0.29, 0.717) is 18.2 Å². The quantitative estimate of drug-likeness (QED) is 0.842. The molecular weight excluding hydrogens is 278 g/mol. The molecular formula is C14H23NO2S2. The van der Waals surface area contributed by atoms with E-state index in [1.54, 1.807) is 11.3 Å². The molecule has 1 fully saturated rings. The molecule has 0 spiro atoms. The van der Waals surface area contributed by atoms with Gasteiger partial charge in [0.2, 0.25) is 0 Å². The molecule has 1 atom stereocenters. The summed E-state index contributed by atoms with van der Waals surface area (Å²) < 4.78 is 24.0. The first-order chi connectivity index (χ1) is 9.07. The second-order valence-corrected chi connectivity index (χ2v) is 8.66. The van der Waals surface area contributed by atoms with Crippen LogP contribution in [0.2, 0.25) is 0 Å². The van der Waals surface area contributed by atoms with Crippen molar-refractivity contribution < 1.29 is 8.42 Å². The summed E-state index contributed by atoms with van der Waals surface area (Å²) in [4.78, 5) is 1.26.